The summed E-state index contributed by atoms with van der Waals surface area (Å²) in [5.41, 5.74) is 0. The Labute approximate surface area is 117 Å². The maximum absolute atomic E-state index is 11.9. The molecule has 2 fully saturated rings. The molecule has 0 bridgehead atoms. The highest BCUT2D eigenvalue weighted by Crippen LogP contribution is 2.49. The molecule has 0 aromatic carbocycles. The Bertz CT molecular complexity index is 267. The van der Waals surface area contributed by atoms with Crippen molar-refractivity contribution in [2.75, 3.05) is 13.6 Å². The summed E-state index contributed by atoms with van der Waals surface area (Å²) >= 11 is 0. The van der Waals surface area contributed by atoms with E-state index in [1.165, 1.54) is 32.1 Å². The molecule has 0 saturated heterocycles. The first-order chi connectivity index (χ1) is 8.22. The van der Waals surface area contributed by atoms with E-state index < -0.39 is 0 Å². The minimum Gasteiger partial charge on any atom is -0.354 e. The van der Waals surface area contributed by atoms with Crippen molar-refractivity contribution in [2.24, 2.45) is 17.8 Å². The lowest BCUT2D eigenvalue weighted by Crippen LogP contribution is -2.38. The lowest BCUT2D eigenvalue weighted by molar-refractivity contribution is -0.122. The lowest BCUT2D eigenvalue weighted by atomic mass is 9.85. The maximum Gasteiger partial charge on any atom is 0.223 e. The molecule has 2 saturated carbocycles. The van der Waals surface area contributed by atoms with E-state index in [0.717, 1.165) is 18.9 Å². The highest BCUT2D eigenvalue weighted by Gasteiger charge is 2.47. The molecule has 0 aromatic heterocycles. The van der Waals surface area contributed by atoms with Crippen LogP contribution in [-0.2, 0) is 4.79 Å². The van der Waals surface area contributed by atoms with Crippen molar-refractivity contribution in [2.45, 2.75) is 51.5 Å². The number of hydrogen-bond donors (Lipinski definition) is 2. The molecule has 1 amide bonds. The number of amides is 1. The molecular formula is C14H27ClN2O. The van der Waals surface area contributed by atoms with Gasteiger partial charge in [0.15, 0.2) is 0 Å². The normalized spacial score (nSPS) is 29.2. The van der Waals surface area contributed by atoms with Crippen molar-refractivity contribution >= 4 is 18.3 Å². The first-order valence-corrected chi connectivity index (χ1v) is 7.17. The minimum atomic E-state index is 0. The highest BCUT2D eigenvalue weighted by atomic mass is 35.5. The third-order valence-corrected chi connectivity index (χ3v) is 4.51. The van der Waals surface area contributed by atoms with Gasteiger partial charge in [-0.1, -0.05) is 32.1 Å². The molecule has 18 heavy (non-hydrogen) atoms. The van der Waals surface area contributed by atoms with Gasteiger partial charge in [-0.25, -0.2) is 0 Å². The zero-order valence-corrected chi connectivity index (χ0v) is 12.4. The molecule has 0 spiro atoms. The molecule has 0 radical (unpaired) electrons. The van der Waals surface area contributed by atoms with Crippen molar-refractivity contribution in [1.82, 2.24) is 10.6 Å². The number of likely N-dealkylation sites (N-methyl/N-ethyl adjacent to an activating group) is 1. The fourth-order valence-corrected chi connectivity index (χ4v) is 3.09. The van der Waals surface area contributed by atoms with Crippen LogP contribution >= 0.6 is 12.4 Å². The maximum atomic E-state index is 11.9. The van der Waals surface area contributed by atoms with Gasteiger partial charge in [-0.05, 0) is 32.2 Å². The third-order valence-electron chi connectivity index (χ3n) is 4.51. The molecule has 0 heterocycles. The van der Waals surface area contributed by atoms with Gasteiger partial charge in [-0.3, -0.25) is 4.79 Å². The van der Waals surface area contributed by atoms with Crippen LogP contribution in [0, 0.1) is 17.8 Å². The predicted molar refractivity (Wildman–Crippen MR) is 77.0 cm³/mol. The summed E-state index contributed by atoms with van der Waals surface area (Å²) in [6, 6.07) is 0.367. The van der Waals surface area contributed by atoms with E-state index in [0.29, 0.717) is 23.8 Å². The van der Waals surface area contributed by atoms with Crippen LogP contribution in [0.1, 0.15) is 45.4 Å². The van der Waals surface area contributed by atoms with Gasteiger partial charge in [-0.2, -0.15) is 0 Å². The Kier molecular flexibility index (Phi) is 6.44. The summed E-state index contributed by atoms with van der Waals surface area (Å²) in [7, 11) is 1.93. The van der Waals surface area contributed by atoms with Crippen LogP contribution in [0.4, 0.5) is 0 Å². The van der Waals surface area contributed by atoms with Crippen LogP contribution in [0.25, 0.3) is 0 Å². The smallest absolute Gasteiger partial charge is 0.223 e. The van der Waals surface area contributed by atoms with E-state index in [1.54, 1.807) is 0 Å². The summed E-state index contributed by atoms with van der Waals surface area (Å²) in [5, 5.41) is 6.20. The Morgan fingerprint density at radius 3 is 2.56 bits per heavy atom. The first kappa shape index (κ1) is 15.8. The fraction of sp³-hybridized carbons (Fsp3) is 0.929. The topological polar surface area (TPSA) is 41.1 Å². The Morgan fingerprint density at radius 2 is 1.94 bits per heavy atom. The van der Waals surface area contributed by atoms with Crippen molar-refractivity contribution in [1.29, 1.82) is 0 Å². The Balaban J connectivity index is 0.00000162. The van der Waals surface area contributed by atoms with Crippen molar-refractivity contribution in [3.05, 3.63) is 0 Å². The second-order valence-corrected chi connectivity index (χ2v) is 5.84. The SMILES string of the molecule is CNC(C)CNC(=O)C1CC1C1CCCCC1.Cl. The van der Waals surface area contributed by atoms with Gasteiger partial charge in [0.25, 0.3) is 0 Å². The Morgan fingerprint density at radius 1 is 1.28 bits per heavy atom. The van der Waals surface area contributed by atoms with Gasteiger partial charge in [0.2, 0.25) is 5.91 Å². The summed E-state index contributed by atoms with van der Waals surface area (Å²) in [6.45, 7) is 2.84. The molecule has 0 aliphatic heterocycles. The predicted octanol–water partition coefficient (Wildman–Crippen LogP) is 2.35. The van der Waals surface area contributed by atoms with Crippen LogP contribution in [-0.4, -0.2) is 25.5 Å². The molecule has 3 unspecified atom stereocenters. The zero-order valence-electron chi connectivity index (χ0n) is 11.6. The van der Waals surface area contributed by atoms with Crippen LogP contribution in [0.5, 0.6) is 0 Å². The second-order valence-electron chi connectivity index (χ2n) is 5.84. The quantitative estimate of drug-likeness (QED) is 0.808. The molecule has 106 valence electrons. The monoisotopic (exact) mass is 274 g/mol. The van der Waals surface area contributed by atoms with Gasteiger partial charge < -0.3 is 10.6 Å². The van der Waals surface area contributed by atoms with Crippen LogP contribution in [0.3, 0.4) is 0 Å². The van der Waals surface area contributed by atoms with Crippen LogP contribution in [0.2, 0.25) is 0 Å². The number of hydrogen-bond acceptors (Lipinski definition) is 2. The number of carbonyl (C=O) groups excluding carboxylic acids is 1. The van der Waals surface area contributed by atoms with Gasteiger partial charge in [0.1, 0.15) is 0 Å². The minimum absolute atomic E-state index is 0. The zero-order chi connectivity index (χ0) is 12.3. The summed E-state index contributed by atoms with van der Waals surface area (Å²) in [4.78, 5) is 11.9. The van der Waals surface area contributed by atoms with E-state index in [4.69, 9.17) is 0 Å². The van der Waals surface area contributed by atoms with Gasteiger partial charge >= 0.3 is 0 Å². The largest absolute Gasteiger partial charge is 0.354 e. The molecule has 4 heteroatoms. The molecule has 2 aliphatic rings. The first-order valence-electron chi connectivity index (χ1n) is 7.17. The van der Waals surface area contributed by atoms with Crippen LogP contribution < -0.4 is 10.6 Å². The van der Waals surface area contributed by atoms with Gasteiger partial charge in [0, 0.05) is 18.5 Å². The molecule has 0 aromatic rings. The number of halogens is 1. The fourth-order valence-electron chi connectivity index (χ4n) is 3.09. The van der Waals surface area contributed by atoms with E-state index in [9.17, 15) is 4.79 Å². The molecule has 3 nitrogen and oxygen atoms in total. The molecule has 2 aliphatic carbocycles. The number of rotatable bonds is 5. The summed E-state index contributed by atoms with van der Waals surface area (Å²) in [5.74, 6) is 2.19. The molecule has 3 atom stereocenters. The average Bonchev–Trinajstić information content (AvgIpc) is 3.17. The molecule has 2 rings (SSSR count). The summed E-state index contributed by atoms with van der Waals surface area (Å²) < 4.78 is 0. The van der Waals surface area contributed by atoms with Crippen molar-refractivity contribution < 1.29 is 4.79 Å². The van der Waals surface area contributed by atoms with Crippen molar-refractivity contribution in [3.63, 3.8) is 0 Å². The van der Waals surface area contributed by atoms with Crippen LogP contribution in [0.15, 0.2) is 0 Å². The number of nitrogens with one attached hydrogen (secondary N) is 2. The standard InChI is InChI=1S/C14H26N2O.ClH/c1-10(15-2)9-16-14(17)13-8-12(13)11-6-4-3-5-7-11;/h10-13,15H,3-9H2,1-2H3,(H,16,17);1H. The van der Waals surface area contributed by atoms with E-state index >= 15 is 0 Å². The van der Waals surface area contributed by atoms with Gasteiger partial charge in [-0.15, -0.1) is 12.4 Å². The van der Waals surface area contributed by atoms with E-state index in [1.807, 2.05) is 7.05 Å². The Hall–Kier alpha value is -0.280. The second kappa shape index (κ2) is 7.34. The third kappa shape index (κ3) is 4.13. The molecular weight excluding hydrogens is 248 g/mol. The van der Waals surface area contributed by atoms with Gasteiger partial charge in [0.05, 0.1) is 0 Å². The number of carbonyl (C=O) groups is 1. The van der Waals surface area contributed by atoms with E-state index in [2.05, 4.69) is 17.6 Å². The van der Waals surface area contributed by atoms with Crippen molar-refractivity contribution in [3.8, 4) is 0 Å². The average molecular weight is 275 g/mol. The molecule has 2 N–H and O–H groups in total. The summed E-state index contributed by atoms with van der Waals surface area (Å²) in [6.07, 6.45) is 8.03. The lowest BCUT2D eigenvalue weighted by Gasteiger charge is -2.21. The highest BCUT2D eigenvalue weighted by molar-refractivity contribution is 5.85. The van der Waals surface area contributed by atoms with E-state index in [-0.39, 0.29) is 12.4 Å².